The summed E-state index contributed by atoms with van der Waals surface area (Å²) in [4.78, 5) is 13.5. The van der Waals surface area contributed by atoms with Crippen LogP contribution < -0.4 is 0 Å². The summed E-state index contributed by atoms with van der Waals surface area (Å²) in [7, 11) is 1.33. The van der Waals surface area contributed by atoms with Gasteiger partial charge in [0.1, 0.15) is 0 Å². The smallest absolute Gasteiger partial charge is 0.334 e. The van der Waals surface area contributed by atoms with Gasteiger partial charge >= 0.3 is 8.56 Å². The average molecular weight is 203 g/mol. The predicted molar refractivity (Wildman–Crippen MR) is 52.6 cm³/mol. The van der Waals surface area contributed by atoms with E-state index in [-0.39, 0.29) is 6.04 Å². The molecule has 0 aliphatic heterocycles. The Bertz CT molecular complexity index is 188. The highest BCUT2D eigenvalue weighted by atomic mass is 28.4. The molecule has 0 spiro atoms. The van der Waals surface area contributed by atoms with Gasteiger partial charge in [-0.15, -0.1) is 0 Å². The van der Waals surface area contributed by atoms with Crippen LogP contribution >= 0.6 is 0 Å². The van der Waals surface area contributed by atoms with Crippen LogP contribution in [0.5, 0.6) is 0 Å². The maximum absolute atomic E-state index is 9.94. The van der Waals surface area contributed by atoms with Gasteiger partial charge in [-0.05, 0) is 25.9 Å². The molecule has 0 saturated heterocycles. The van der Waals surface area contributed by atoms with Crippen molar-refractivity contribution in [1.29, 1.82) is 0 Å². The highest BCUT2D eigenvalue weighted by Crippen LogP contribution is 2.15. The Morgan fingerprint density at radius 1 is 1.46 bits per heavy atom. The number of hydrogen-bond donors (Lipinski definition) is 0. The molecule has 0 saturated carbocycles. The van der Waals surface area contributed by atoms with Crippen molar-refractivity contribution in [3.8, 4) is 0 Å². The molecule has 0 amide bonds. The largest absolute Gasteiger partial charge is 0.398 e. The molecule has 0 heterocycles. The fraction of sp³-hybridized carbons (Fsp3) is 0.875. The zero-order valence-electron chi connectivity index (χ0n) is 8.66. The van der Waals surface area contributed by atoms with E-state index in [1.165, 1.54) is 0 Å². The summed E-state index contributed by atoms with van der Waals surface area (Å²) < 4.78 is 10.6. The lowest BCUT2D eigenvalue weighted by Crippen LogP contribution is -2.36. The normalized spacial score (nSPS) is 13.5. The SMILES string of the molecule is CO[Si](C)(CCC(C)N=C=O)OC. The van der Waals surface area contributed by atoms with Crippen LogP contribution in [-0.4, -0.2) is 34.9 Å². The van der Waals surface area contributed by atoms with Crippen molar-refractivity contribution < 1.29 is 13.6 Å². The summed E-state index contributed by atoms with van der Waals surface area (Å²) in [6, 6.07) is 0.849. The van der Waals surface area contributed by atoms with E-state index in [9.17, 15) is 4.79 Å². The number of carbonyl (C=O) groups excluding carboxylic acids is 1. The van der Waals surface area contributed by atoms with Crippen molar-refractivity contribution in [2.24, 2.45) is 4.99 Å². The topological polar surface area (TPSA) is 47.9 Å². The van der Waals surface area contributed by atoms with Crippen LogP contribution in [0, 0.1) is 0 Å². The molecule has 0 N–H and O–H groups in total. The van der Waals surface area contributed by atoms with Crippen molar-refractivity contribution in [3.63, 3.8) is 0 Å². The quantitative estimate of drug-likeness (QED) is 0.373. The molecule has 0 aromatic rings. The number of isocyanates is 1. The zero-order valence-corrected chi connectivity index (χ0v) is 9.66. The van der Waals surface area contributed by atoms with Gasteiger partial charge in [-0.3, -0.25) is 0 Å². The summed E-state index contributed by atoms with van der Waals surface area (Å²) in [5.41, 5.74) is 0. The molecule has 0 bridgehead atoms. The molecular formula is C8H17NO3Si. The van der Waals surface area contributed by atoms with E-state index >= 15 is 0 Å². The van der Waals surface area contributed by atoms with Crippen LogP contribution in [0.15, 0.2) is 4.99 Å². The Balaban J connectivity index is 3.91. The highest BCUT2D eigenvalue weighted by Gasteiger charge is 2.28. The van der Waals surface area contributed by atoms with Crippen LogP contribution in [0.2, 0.25) is 12.6 Å². The van der Waals surface area contributed by atoms with Gasteiger partial charge in [-0.1, -0.05) is 0 Å². The standard InChI is InChI=1S/C8H17NO3Si/c1-8(9-7-10)5-6-13(4,11-2)12-3/h8H,5-6H2,1-4H3. The molecule has 0 aliphatic carbocycles. The van der Waals surface area contributed by atoms with E-state index in [4.69, 9.17) is 8.85 Å². The third-order valence-electron chi connectivity index (χ3n) is 2.15. The van der Waals surface area contributed by atoms with Crippen LogP contribution in [0.3, 0.4) is 0 Å². The maximum Gasteiger partial charge on any atom is 0.334 e. The lowest BCUT2D eigenvalue weighted by Gasteiger charge is -2.22. The molecule has 0 aromatic carbocycles. The molecule has 1 atom stereocenters. The Labute approximate surface area is 80.2 Å². The first-order valence-corrected chi connectivity index (χ1v) is 6.77. The second-order valence-electron chi connectivity index (χ2n) is 3.15. The van der Waals surface area contributed by atoms with Crippen molar-refractivity contribution in [1.82, 2.24) is 0 Å². The lowest BCUT2D eigenvalue weighted by molar-refractivity contribution is 0.247. The predicted octanol–water partition coefficient (Wildman–Crippen LogP) is 1.47. The molecule has 0 fully saturated rings. The first-order valence-electron chi connectivity index (χ1n) is 4.25. The van der Waals surface area contributed by atoms with Gasteiger partial charge in [-0.25, -0.2) is 9.79 Å². The minimum absolute atomic E-state index is 0.00891. The van der Waals surface area contributed by atoms with E-state index in [0.29, 0.717) is 0 Å². The number of aliphatic imine (C=N–C) groups is 1. The van der Waals surface area contributed by atoms with E-state index in [1.807, 2.05) is 13.5 Å². The monoisotopic (exact) mass is 203 g/mol. The van der Waals surface area contributed by atoms with Gasteiger partial charge in [-0.2, -0.15) is 0 Å². The third-order valence-corrected chi connectivity index (χ3v) is 5.08. The van der Waals surface area contributed by atoms with Crippen LogP contribution in [0.25, 0.3) is 0 Å². The highest BCUT2D eigenvalue weighted by molar-refractivity contribution is 6.65. The number of hydrogen-bond acceptors (Lipinski definition) is 4. The summed E-state index contributed by atoms with van der Waals surface area (Å²) >= 11 is 0. The van der Waals surface area contributed by atoms with Gasteiger partial charge in [0.2, 0.25) is 6.08 Å². The summed E-state index contributed by atoms with van der Waals surface area (Å²) in [5, 5.41) is 0. The minimum Gasteiger partial charge on any atom is -0.398 e. The van der Waals surface area contributed by atoms with Gasteiger partial charge in [0.25, 0.3) is 0 Å². The fourth-order valence-corrected chi connectivity index (χ4v) is 2.43. The summed E-state index contributed by atoms with van der Waals surface area (Å²) in [5.74, 6) is 0. The molecular weight excluding hydrogens is 186 g/mol. The first-order chi connectivity index (χ1) is 6.08. The van der Waals surface area contributed by atoms with Gasteiger partial charge < -0.3 is 8.85 Å². The Hall–Kier alpha value is -0.483. The van der Waals surface area contributed by atoms with E-state index in [2.05, 4.69) is 4.99 Å². The average Bonchev–Trinajstić information content (AvgIpc) is 2.15. The van der Waals surface area contributed by atoms with Crippen LogP contribution in [-0.2, 0) is 13.6 Å². The van der Waals surface area contributed by atoms with Crippen molar-refractivity contribution in [2.45, 2.75) is 32.0 Å². The number of rotatable bonds is 6. The molecule has 4 nitrogen and oxygen atoms in total. The van der Waals surface area contributed by atoms with Crippen LogP contribution in [0.1, 0.15) is 13.3 Å². The molecule has 0 aliphatic rings. The molecule has 1 unspecified atom stereocenters. The maximum atomic E-state index is 9.94. The molecule has 76 valence electrons. The Kier molecular flexibility index (Phi) is 5.82. The second kappa shape index (κ2) is 6.04. The minimum atomic E-state index is -1.98. The van der Waals surface area contributed by atoms with Crippen LogP contribution in [0.4, 0.5) is 0 Å². The molecule has 5 heteroatoms. The van der Waals surface area contributed by atoms with Crippen molar-refractivity contribution in [2.75, 3.05) is 14.2 Å². The zero-order chi connectivity index (χ0) is 10.3. The van der Waals surface area contributed by atoms with Gasteiger partial charge in [0.05, 0.1) is 6.04 Å². The second-order valence-corrected chi connectivity index (χ2v) is 6.73. The molecule has 0 aromatic heterocycles. The van der Waals surface area contributed by atoms with Crippen molar-refractivity contribution >= 4 is 14.6 Å². The van der Waals surface area contributed by atoms with Gasteiger partial charge in [0.15, 0.2) is 0 Å². The lowest BCUT2D eigenvalue weighted by atomic mass is 10.3. The molecule has 13 heavy (non-hydrogen) atoms. The Morgan fingerprint density at radius 3 is 2.38 bits per heavy atom. The van der Waals surface area contributed by atoms with Gasteiger partial charge in [0, 0.05) is 14.2 Å². The summed E-state index contributed by atoms with van der Waals surface area (Å²) in [6.07, 6.45) is 2.35. The Morgan fingerprint density at radius 2 is 2.00 bits per heavy atom. The first kappa shape index (κ1) is 12.5. The third kappa shape index (κ3) is 4.95. The fourth-order valence-electron chi connectivity index (χ4n) is 0.913. The summed E-state index contributed by atoms with van der Waals surface area (Å²) in [6.45, 7) is 3.87. The molecule has 0 radical (unpaired) electrons. The van der Waals surface area contributed by atoms with Crippen molar-refractivity contribution in [3.05, 3.63) is 0 Å². The number of nitrogens with zero attached hydrogens (tertiary/aromatic N) is 1. The van der Waals surface area contributed by atoms with E-state index in [0.717, 1.165) is 12.5 Å². The van der Waals surface area contributed by atoms with E-state index in [1.54, 1.807) is 20.3 Å². The van der Waals surface area contributed by atoms with E-state index < -0.39 is 8.56 Å². The molecule has 0 rings (SSSR count).